The smallest absolute Gasteiger partial charge is 0.244 e. The lowest BCUT2D eigenvalue weighted by molar-refractivity contribution is 0.247. The zero-order valence-corrected chi connectivity index (χ0v) is 13.7. The molecule has 0 amide bonds. The van der Waals surface area contributed by atoms with Crippen LogP contribution < -0.4 is 10.0 Å². The topological polar surface area (TPSA) is 58.2 Å². The van der Waals surface area contributed by atoms with Gasteiger partial charge in [0.1, 0.15) is 10.7 Å². The van der Waals surface area contributed by atoms with Crippen LogP contribution in [-0.4, -0.2) is 20.5 Å². The van der Waals surface area contributed by atoms with E-state index in [4.69, 9.17) is 11.6 Å². The van der Waals surface area contributed by atoms with Crippen LogP contribution in [-0.2, 0) is 16.6 Å². The van der Waals surface area contributed by atoms with E-state index in [0.717, 1.165) is 25.3 Å². The molecule has 21 heavy (non-hydrogen) atoms. The molecule has 0 unspecified atom stereocenters. The van der Waals surface area contributed by atoms with Gasteiger partial charge in [-0.25, -0.2) is 17.5 Å². The zero-order chi connectivity index (χ0) is 15.7. The Morgan fingerprint density at radius 1 is 1.38 bits per heavy atom. The molecule has 0 radical (unpaired) electrons. The van der Waals surface area contributed by atoms with Gasteiger partial charge in [0.15, 0.2) is 0 Å². The molecule has 118 valence electrons. The maximum Gasteiger partial charge on any atom is 0.244 e. The average molecular weight is 335 g/mol. The van der Waals surface area contributed by atoms with Gasteiger partial charge in [-0.05, 0) is 44.9 Å². The molecular weight excluding hydrogens is 315 g/mol. The fourth-order valence-corrected chi connectivity index (χ4v) is 4.31. The lowest BCUT2D eigenvalue weighted by Gasteiger charge is -2.38. The minimum Gasteiger partial charge on any atom is -0.313 e. The first-order valence-electron chi connectivity index (χ1n) is 7.00. The van der Waals surface area contributed by atoms with Crippen molar-refractivity contribution in [3.63, 3.8) is 0 Å². The summed E-state index contributed by atoms with van der Waals surface area (Å²) in [7, 11) is -3.92. The van der Waals surface area contributed by atoms with Crippen LogP contribution in [0.25, 0.3) is 0 Å². The maximum absolute atomic E-state index is 14.5. The molecule has 0 bridgehead atoms. The molecule has 1 aliphatic rings. The Morgan fingerprint density at radius 2 is 2.05 bits per heavy atom. The van der Waals surface area contributed by atoms with Gasteiger partial charge in [0.2, 0.25) is 10.0 Å². The van der Waals surface area contributed by atoms with Gasteiger partial charge >= 0.3 is 0 Å². The van der Waals surface area contributed by atoms with Crippen LogP contribution in [0.5, 0.6) is 0 Å². The van der Waals surface area contributed by atoms with Crippen LogP contribution in [0.2, 0.25) is 5.02 Å². The summed E-state index contributed by atoms with van der Waals surface area (Å²) in [6.07, 6.45) is 2.50. The first-order valence-corrected chi connectivity index (χ1v) is 8.86. The van der Waals surface area contributed by atoms with Gasteiger partial charge in [0, 0.05) is 22.7 Å². The normalized spacial score (nSPS) is 17.5. The van der Waals surface area contributed by atoms with Crippen LogP contribution >= 0.6 is 11.6 Å². The quantitative estimate of drug-likeness (QED) is 0.841. The van der Waals surface area contributed by atoms with E-state index in [-0.39, 0.29) is 22.0 Å². The SMILES string of the molecule is CCNCc1cc(Cl)cc(S(=O)(=O)NC2(C)CCC2)c1F. The number of hydrogen-bond acceptors (Lipinski definition) is 3. The predicted octanol–water partition coefficient (Wildman–Crippen LogP) is 2.81. The summed E-state index contributed by atoms with van der Waals surface area (Å²) in [6.45, 7) is 4.61. The van der Waals surface area contributed by atoms with Gasteiger partial charge in [0.25, 0.3) is 0 Å². The number of nitrogens with one attached hydrogen (secondary N) is 2. The fourth-order valence-electron chi connectivity index (χ4n) is 2.39. The largest absolute Gasteiger partial charge is 0.313 e. The molecular formula is C14H20ClFN2O2S. The van der Waals surface area contributed by atoms with Crippen molar-refractivity contribution < 1.29 is 12.8 Å². The Bertz CT molecular complexity index is 630. The van der Waals surface area contributed by atoms with Crippen molar-refractivity contribution in [3.8, 4) is 0 Å². The van der Waals surface area contributed by atoms with Gasteiger partial charge in [0.05, 0.1) is 0 Å². The molecule has 2 N–H and O–H groups in total. The Morgan fingerprint density at radius 3 is 2.57 bits per heavy atom. The first-order chi connectivity index (χ1) is 9.77. The van der Waals surface area contributed by atoms with Crippen molar-refractivity contribution in [2.45, 2.75) is 50.1 Å². The Hall–Kier alpha value is -0.690. The number of hydrogen-bond donors (Lipinski definition) is 2. The molecule has 0 heterocycles. The van der Waals surface area contributed by atoms with E-state index in [1.54, 1.807) is 0 Å². The molecule has 0 saturated heterocycles. The van der Waals surface area contributed by atoms with Crippen molar-refractivity contribution in [2.24, 2.45) is 0 Å². The summed E-state index contributed by atoms with van der Waals surface area (Å²) in [5, 5.41) is 3.18. The summed E-state index contributed by atoms with van der Waals surface area (Å²) >= 11 is 5.94. The highest BCUT2D eigenvalue weighted by atomic mass is 35.5. The van der Waals surface area contributed by atoms with Crippen LogP contribution in [0, 0.1) is 5.82 Å². The molecule has 0 aromatic heterocycles. The predicted molar refractivity (Wildman–Crippen MR) is 81.4 cm³/mol. The molecule has 4 nitrogen and oxygen atoms in total. The summed E-state index contributed by atoms with van der Waals surface area (Å²) in [6, 6.07) is 2.61. The molecule has 2 rings (SSSR count). The molecule has 0 aliphatic heterocycles. The Labute approximate surface area is 130 Å². The number of rotatable bonds is 6. The lowest BCUT2D eigenvalue weighted by Crippen LogP contribution is -2.50. The molecule has 1 fully saturated rings. The van der Waals surface area contributed by atoms with Gasteiger partial charge in [-0.1, -0.05) is 18.5 Å². The van der Waals surface area contributed by atoms with E-state index in [0.29, 0.717) is 6.54 Å². The molecule has 0 spiro atoms. The summed E-state index contributed by atoms with van der Waals surface area (Å²) in [5.41, 5.74) is -0.224. The van der Waals surface area contributed by atoms with Crippen LogP contribution in [0.1, 0.15) is 38.7 Å². The third-order valence-corrected chi connectivity index (χ3v) is 5.63. The van der Waals surface area contributed by atoms with Crippen molar-refractivity contribution in [1.82, 2.24) is 10.0 Å². The van der Waals surface area contributed by atoms with E-state index in [2.05, 4.69) is 10.0 Å². The van der Waals surface area contributed by atoms with Gasteiger partial charge in [-0.15, -0.1) is 0 Å². The number of sulfonamides is 1. The average Bonchev–Trinajstić information content (AvgIpc) is 2.37. The van der Waals surface area contributed by atoms with Crippen molar-refractivity contribution in [3.05, 3.63) is 28.5 Å². The minimum absolute atomic E-state index is 0.212. The van der Waals surface area contributed by atoms with Crippen molar-refractivity contribution in [1.29, 1.82) is 0 Å². The van der Waals surface area contributed by atoms with Crippen LogP contribution in [0.4, 0.5) is 4.39 Å². The third-order valence-electron chi connectivity index (χ3n) is 3.77. The first kappa shape index (κ1) is 16.7. The Kier molecular flexibility index (Phi) is 4.92. The molecule has 0 atom stereocenters. The van der Waals surface area contributed by atoms with E-state index < -0.39 is 21.4 Å². The van der Waals surface area contributed by atoms with E-state index in [1.165, 1.54) is 6.07 Å². The second-order valence-electron chi connectivity index (χ2n) is 5.68. The highest BCUT2D eigenvalue weighted by Gasteiger charge is 2.37. The summed E-state index contributed by atoms with van der Waals surface area (Å²) in [4.78, 5) is -0.379. The van der Waals surface area contributed by atoms with E-state index in [9.17, 15) is 12.8 Å². The lowest BCUT2D eigenvalue weighted by atomic mass is 9.80. The third kappa shape index (κ3) is 3.74. The van der Waals surface area contributed by atoms with Crippen LogP contribution in [0.15, 0.2) is 17.0 Å². The Balaban J connectivity index is 2.35. The molecule has 1 aliphatic carbocycles. The zero-order valence-electron chi connectivity index (χ0n) is 12.2. The highest BCUT2D eigenvalue weighted by Crippen LogP contribution is 2.33. The fraction of sp³-hybridized carbons (Fsp3) is 0.571. The maximum atomic E-state index is 14.5. The van der Waals surface area contributed by atoms with Gasteiger partial charge in [-0.2, -0.15) is 0 Å². The molecule has 1 aromatic rings. The summed E-state index contributed by atoms with van der Waals surface area (Å²) < 4.78 is 41.9. The van der Waals surface area contributed by atoms with Gasteiger partial charge in [-0.3, -0.25) is 0 Å². The minimum atomic E-state index is -3.92. The van der Waals surface area contributed by atoms with Crippen LogP contribution in [0.3, 0.4) is 0 Å². The molecule has 7 heteroatoms. The van der Waals surface area contributed by atoms with E-state index in [1.807, 2.05) is 13.8 Å². The molecule has 1 saturated carbocycles. The second-order valence-corrected chi connectivity index (χ2v) is 7.76. The molecule has 1 aromatic carbocycles. The van der Waals surface area contributed by atoms with Crippen molar-refractivity contribution in [2.75, 3.05) is 6.54 Å². The monoisotopic (exact) mass is 334 g/mol. The van der Waals surface area contributed by atoms with Crippen molar-refractivity contribution >= 4 is 21.6 Å². The number of halogens is 2. The summed E-state index contributed by atoms with van der Waals surface area (Å²) in [5.74, 6) is -0.740. The highest BCUT2D eigenvalue weighted by molar-refractivity contribution is 7.89. The van der Waals surface area contributed by atoms with E-state index >= 15 is 0 Å². The number of benzene rings is 1. The van der Waals surface area contributed by atoms with Gasteiger partial charge < -0.3 is 5.32 Å². The standard InChI is InChI=1S/C14H20ClFN2O2S/c1-3-17-9-10-7-11(15)8-12(13(10)16)21(19,20)18-14(2)5-4-6-14/h7-8,17-18H,3-6,9H2,1-2H3. The second kappa shape index (κ2) is 6.20.